The fourth-order valence-electron chi connectivity index (χ4n) is 7.61. The van der Waals surface area contributed by atoms with Crippen molar-refractivity contribution in [2.75, 3.05) is 13.6 Å². The van der Waals surface area contributed by atoms with Crippen molar-refractivity contribution in [3.8, 4) is 0 Å². The van der Waals surface area contributed by atoms with E-state index >= 15 is 0 Å². The topological polar surface area (TPSA) is 142 Å². The van der Waals surface area contributed by atoms with Gasteiger partial charge in [-0.1, -0.05) is 110 Å². The second kappa shape index (κ2) is 18.0. The summed E-state index contributed by atoms with van der Waals surface area (Å²) in [4.78, 5) is 71.8. The first-order valence-corrected chi connectivity index (χ1v) is 18.6. The van der Waals surface area contributed by atoms with Crippen LogP contribution in [0.1, 0.15) is 67.7 Å². The number of benzene rings is 3. The summed E-state index contributed by atoms with van der Waals surface area (Å²) >= 11 is 0. The molecule has 6 unspecified atom stereocenters. The van der Waals surface area contributed by atoms with Crippen LogP contribution in [0.4, 0.5) is 0 Å². The summed E-state index contributed by atoms with van der Waals surface area (Å²) in [7, 11) is 1.53. The molecule has 0 aromatic heterocycles. The minimum Gasteiger partial charge on any atom is -0.368 e. The normalized spacial score (nSPS) is 20.3. The number of carbonyl (C=O) groups is 5. The van der Waals surface area contributed by atoms with Crippen molar-refractivity contribution in [2.24, 2.45) is 17.6 Å². The minimum absolute atomic E-state index is 0.117. The van der Waals surface area contributed by atoms with Crippen LogP contribution < -0.4 is 16.4 Å². The molecule has 0 radical (unpaired) electrons. The Morgan fingerprint density at radius 1 is 0.750 bits per heavy atom. The number of nitrogens with zero attached hydrogens (tertiary/aromatic N) is 2. The standard InChI is InChI=1S/C42H53N5O5/c1-28-19-21-32(22-20-28)26-35(44-39(49)33-17-10-12-29(2)24-33)42(52)47-23-11-18-36(47)40(50)45-34(25-30-13-6-4-7-14-30)41(51)46(3)37(38(43)48)27-31-15-8-5-9-16-31/h4-9,13-16,19-22,29,33-37H,10-12,17-18,23-27H2,1-3H3,(H2,43,48)(H,44,49)(H,45,50). The van der Waals surface area contributed by atoms with E-state index in [4.69, 9.17) is 5.73 Å². The van der Waals surface area contributed by atoms with Crippen LogP contribution in [0.5, 0.6) is 0 Å². The largest absolute Gasteiger partial charge is 0.368 e. The average Bonchev–Trinajstić information content (AvgIpc) is 3.64. The van der Waals surface area contributed by atoms with Crippen LogP contribution in [-0.4, -0.2) is 77.1 Å². The molecule has 1 heterocycles. The van der Waals surface area contributed by atoms with E-state index < -0.39 is 41.9 Å². The number of amides is 5. The van der Waals surface area contributed by atoms with Crippen molar-refractivity contribution in [1.82, 2.24) is 20.4 Å². The number of likely N-dealkylation sites (N-methyl/N-ethyl adjacent to an activating group) is 1. The van der Waals surface area contributed by atoms with Crippen molar-refractivity contribution in [3.63, 3.8) is 0 Å². The van der Waals surface area contributed by atoms with E-state index in [2.05, 4.69) is 17.6 Å². The molecular weight excluding hydrogens is 654 g/mol. The zero-order valence-electron chi connectivity index (χ0n) is 30.6. The van der Waals surface area contributed by atoms with Crippen LogP contribution in [0, 0.1) is 18.8 Å². The third-order valence-electron chi connectivity index (χ3n) is 10.6. The lowest BCUT2D eigenvalue weighted by molar-refractivity contribution is -0.144. The quantitative estimate of drug-likeness (QED) is 0.231. The van der Waals surface area contributed by atoms with E-state index in [1.807, 2.05) is 91.9 Å². The van der Waals surface area contributed by atoms with Crippen LogP contribution in [-0.2, 0) is 43.2 Å². The molecular formula is C42H53N5O5. The average molecular weight is 708 g/mol. The first-order valence-electron chi connectivity index (χ1n) is 18.6. The number of likely N-dealkylation sites (tertiary alicyclic amines) is 1. The molecule has 5 rings (SSSR count). The summed E-state index contributed by atoms with van der Waals surface area (Å²) in [5.41, 5.74) is 9.49. The maximum Gasteiger partial charge on any atom is 0.246 e. The number of nitrogens with one attached hydrogen (secondary N) is 2. The highest BCUT2D eigenvalue weighted by molar-refractivity contribution is 5.96. The highest BCUT2D eigenvalue weighted by Gasteiger charge is 2.40. The minimum atomic E-state index is -1.02. The number of aryl methyl sites for hydroxylation is 1. The summed E-state index contributed by atoms with van der Waals surface area (Å²) in [5.74, 6) is -1.69. The summed E-state index contributed by atoms with van der Waals surface area (Å²) in [6, 6.07) is 22.9. The van der Waals surface area contributed by atoms with Crippen LogP contribution in [0.15, 0.2) is 84.9 Å². The smallest absolute Gasteiger partial charge is 0.246 e. The highest BCUT2D eigenvalue weighted by atomic mass is 16.2. The molecule has 10 heteroatoms. The van der Waals surface area contributed by atoms with E-state index in [9.17, 15) is 24.0 Å². The van der Waals surface area contributed by atoms with E-state index in [1.165, 1.54) is 11.9 Å². The Kier molecular flexibility index (Phi) is 13.2. The van der Waals surface area contributed by atoms with Crippen molar-refractivity contribution in [2.45, 2.75) is 95.8 Å². The monoisotopic (exact) mass is 707 g/mol. The molecule has 0 spiro atoms. The molecule has 1 aliphatic carbocycles. The number of hydrogen-bond donors (Lipinski definition) is 3. The molecule has 52 heavy (non-hydrogen) atoms. The van der Waals surface area contributed by atoms with Crippen molar-refractivity contribution in [3.05, 3.63) is 107 Å². The Balaban J connectivity index is 1.35. The molecule has 1 saturated heterocycles. The van der Waals surface area contributed by atoms with Gasteiger partial charge >= 0.3 is 0 Å². The van der Waals surface area contributed by atoms with Crippen LogP contribution in [0.3, 0.4) is 0 Å². The zero-order chi connectivity index (χ0) is 37.2. The van der Waals surface area contributed by atoms with Crippen molar-refractivity contribution < 1.29 is 24.0 Å². The van der Waals surface area contributed by atoms with Gasteiger partial charge in [0.25, 0.3) is 0 Å². The molecule has 2 aliphatic rings. The van der Waals surface area contributed by atoms with Gasteiger partial charge in [0.05, 0.1) is 0 Å². The predicted octanol–water partition coefficient (Wildman–Crippen LogP) is 4.12. The van der Waals surface area contributed by atoms with Gasteiger partial charge in [0, 0.05) is 38.8 Å². The molecule has 4 N–H and O–H groups in total. The molecule has 3 aromatic carbocycles. The van der Waals surface area contributed by atoms with Crippen molar-refractivity contribution in [1.29, 1.82) is 0 Å². The Morgan fingerprint density at radius 2 is 1.33 bits per heavy atom. The molecule has 1 saturated carbocycles. The highest BCUT2D eigenvalue weighted by Crippen LogP contribution is 2.29. The number of nitrogens with two attached hydrogens (primary N) is 1. The molecule has 6 atom stereocenters. The van der Waals surface area contributed by atoms with Gasteiger partial charge in [-0.25, -0.2) is 0 Å². The lowest BCUT2D eigenvalue weighted by atomic mass is 9.82. The SMILES string of the molecule is Cc1ccc(CC(NC(=O)C2CCCC(C)C2)C(=O)N2CCCC2C(=O)NC(Cc2ccccc2)C(=O)N(C)C(Cc2ccccc2)C(N)=O)cc1. The lowest BCUT2D eigenvalue weighted by Gasteiger charge is -2.33. The van der Waals surface area contributed by atoms with E-state index in [1.54, 1.807) is 4.90 Å². The van der Waals surface area contributed by atoms with Crippen LogP contribution >= 0.6 is 0 Å². The van der Waals surface area contributed by atoms with Gasteiger partial charge in [0.2, 0.25) is 29.5 Å². The van der Waals surface area contributed by atoms with Crippen LogP contribution in [0.2, 0.25) is 0 Å². The van der Waals surface area contributed by atoms with E-state index in [-0.39, 0.29) is 30.6 Å². The first kappa shape index (κ1) is 38.2. The number of rotatable bonds is 14. The van der Waals surface area contributed by atoms with Gasteiger partial charge in [0.1, 0.15) is 24.2 Å². The van der Waals surface area contributed by atoms with Crippen LogP contribution in [0.25, 0.3) is 0 Å². The molecule has 1 aliphatic heterocycles. The summed E-state index contributed by atoms with van der Waals surface area (Å²) < 4.78 is 0. The molecule has 2 fully saturated rings. The molecule has 3 aromatic rings. The fourth-order valence-corrected chi connectivity index (χ4v) is 7.61. The summed E-state index contributed by atoms with van der Waals surface area (Å²) in [5, 5.41) is 6.05. The maximum atomic E-state index is 14.4. The maximum absolute atomic E-state index is 14.4. The van der Waals surface area contributed by atoms with Gasteiger partial charge in [0.15, 0.2) is 0 Å². The molecule has 10 nitrogen and oxygen atoms in total. The van der Waals surface area contributed by atoms with Gasteiger partial charge in [-0.15, -0.1) is 0 Å². The Hall–Kier alpha value is -4.99. The summed E-state index contributed by atoms with van der Waals surface area (Å²) in [6.45, 7) is 4.51. The number of carbonyl (C=O) groups excluding carboxylic acids is 5. The third kappa shape index (κ3) is 10.1. The Bertz CT molecular complexity index is 1680. The molecule has 0 bridgehead atoms. The van der Waals surface area contributed by atoms with Crippen molar-refractivity contribution >= 4 is 29.5 Å². The zero-order valence-corrected chi connectivity index (χ0v) is 30.6. The Morgan fingerprint density at radius 3 is 1.94 bits per heavy atom. The van der Waals surface area contributed by atoms with Gasteiger partial charge in [-0.05, 0) is 55.2 Å². The van der Waals surface area contributed by atoms with Gasteiger partial charge in [-0.3, -0.25) is 24.0 Å². The van der Waals surface area contributed by atoms with E-state index in [0.29, 0.717) is 31.7 Å². The lowest BCUT2D eigenvalue weighted by Crippen LogP contribution is -2.59. The second-order valence-electron chi connectivity index (χ2n) is 14.7. The number of primary amides is 1. The Labute approximate surface area is 307 Å². The summed E-state index contributed by atoms with van der Waals surface area (Å²) in [6.07, 6.45) is 5.39. The van der Waals surface area contributed by atoms with Gasteiger partial charge in [-0.2, -0.15) is 0 Å². The first-order chi connectivity index (χ1) is 25.0. The fraction of sp³-hybridized carbons (Fsp3) is 0.452. The number of hydrogen-bond acceptors (Lipinski definition) is 5. The predicted molar refractivity (Wildman–Crippen MR) is 201 cm³/mol. The third-order valence-corrected chi connectivity index (χ3v) is 10.6. The second-order valence-corrected chi connectivity index (χ2v) is 14.7. The van der Waals surface area contributed by atoms with Gasteiger partial charge < -0.3 is 26.2 Å². The molecule has 5 amide bonds. The van der Waals surface area contributed by atoms with E-state index in [0.717, 1.165) is 47.9 Å². The molecule has 276 valence electrons.